The fraction of sp³-hybridized carbons (Fsp3) is 0.462. The molecule has 0 unspecified atom stereocenters. The SMILES string of the molecule is CC(C)NC(=O)CN(Cc1ccc(Cl)c(Cl)c1)S(C)(=O)=O. The van der Waals surface area contributed by atoms with Gasteiger partial charge < -0.3 is 5.32 Å². The van der Waals surface area contributed by atoms with Crippen molar-refractivity contribution in [3.8, 4) is 0 Å². The molecule has 5 nitrogen and oxygen atoms in total. The fourth-order valence-corrected chi connectivity index (χ4v) is 2.72. The number of carbonyl (C=O) groups excluding carboxylic acids is 1. The van der Waals surface area contributed by atoms with Gasteiger partial charge in [0.15, 0.2) is 0 Å². The quantitative estimate of drug-likeness (QED) is 0.853. The highest BCUT2D eigenvalue weighted by molar-refractivity contribution is 7.88. The molecule has 0 aliphatic rings. The third kappa shape index (κ3) is 6.22. The van der Waals surface area contributed by atoms with Gasteiger partial charge in [-0.15, -0.1) is 0 Å². The summed E-state index contributed by atoms with van der Waals surface area (Å²) in [7, 11) is -3.52. The molecule has 0 aliphatic carbocycles. The van der Waals surface area contributed by atoms with E-state index >= 15 is 0 Å². The zero-order valence-corrected chi connectivity index (χ0v) is 14.4. The summed E-state index contributed by atoms with van der Waals surface area (Å²) < 4.78 is 24.7. The van der Waals surface area contributed by atoms with Crippen LogP contribution in [0.3, 0.4) is 0 Å². The Morgan fingerprint density at radius 3 is 2.38 bits per heavy atom. The van der Waals surface area contributed by atoms with E-state index < -0.39 is 10.0 Å². The number of carbonyl (C=O) groups is 1. The van der Waals surface area contributed by atoms with Crippen LogP contribution in [0.15, 0.2) is 18.2 Å². The van der Waals surface area contributed by atoms with E-state index in [-0.39, 0.29) is 25.0 Å². The topological polar surface area (TPSA) is 66.5 Å². The minimum absolute atomic E-state index is 0.0520. The fourth-order valence-electron chi connectivity index (χ4n) is 1.66. The molecule has 8 heteroatoms. The van der Waals surface area contributed by atoms with Gasteiger partial charge in [0.05, 0.1) is 22.8 Å². The Balaban J connectivity index is 2.89. The monoisotopic (exact) mass is 352 g/mol. The molecule has 0 saturated carbocycles. The van der Waals surface area contributed by atoms with Crippen molar-refractivity contribution in [2.24, 2.45) is 0 Å². The van der Waals surface area contributed by atoms with Crippen molar-refractivity contribution in [2.45, 2.75) is 26.4 Å². The van der Waals surface area contributed by atoms with Crippen molar-refractivity contribution in [3.05, 3.63) is 33.8 Å². The summed E-state index contributed by atoms with van der Waals surface area (Å²) in [6.45, 7) is 3.43. The molecule has 0 heterocycles. The number of hydrogen-bond acceptors (Lipinski definition) is 3. The Bertz CT molecular complexity index is 618. The van der Waals surface area contributed by atoms with Gasteiger partial charge in [0.1, 0.15) is 0 Å². The number of rotatable bonds is 6. The third-order valence-corrected chi connectivity index (χ3v) is 4.52. The van der Waals surface area contributed by atoms with E-state index in [9.17, 15) is 13.2 Å². The van der Waals surface area contributed by atoms with Gasteiger partial charge in [-0.2, -0.15) is 4.31 Å². The molecule has 0 aliphatic heterocycles. The maximum atomic E-state index is 11.8. The molecular weight excluding hydrogens is 335 g/mol. The Morgan fingerprint density at radius 2 is 1.90 bits per heavy atom. The van der Waals surface area contributed by atoms with Crippen LogP contribution in [-0.2, 0) is 21.4 Å². The highest BCUT2D eigenvalue weighted by Gasteiger charge is 2.21. The molecule has 0 bridgehead atoms. The molecule has 0 fully saturated rings. The molecule has 1 aromatic rings. The Kier molecular flexibility index (Phi) is 6.46. The van der Waals surface area contributed by atoms with Gasteiger partial charge in [-0.25, -0.2) is 8.42 Å². The van der Waals surface area contributed by atoms with E-state index in [1.165, 1.54) is 0 Å². The lowest BCUT2D eigenvalue weighted by Gasteiger charge is -2.20. The Hall–Kier alpha value is -0.820. The van der Waals surface area contributed by atoms with Crippen LogP contribution >= 0.6 is 23.2 Å². The van der Waals surface area contributed by atoms with Crippen molar-refractivity contribution < 1.29 is 13.2 Å². The second-order valence-corrected chi connectivity index (χ2v) is 7.80. The Labute approximate surface area is 135 Å². The standard InChI is InChI=1S/C13H18Cl2N2O3S/c1-9(2)16-13(18)8-17(21(3,19)20)7-10-4-5-11(14)12(15)6-10/h4-6,9H,7-8H2,1-3H3,(H,16,18). The predicted molar refractivity (Wildman–Crippen MR) is 85.0 cm³/mol. The first-order chi connectivity index (χ1) is 9.59. The number of sulfonamides is 1. The molecule has 0 radical (unpaired) electrons. The van der Waals surface area contributed by atoms with Gasteiger partial charge in [-0.05, 0) is 31.5 Å². The van der Waals surface area contributed by atoms with E-state index in [2.05, 4.69) is 5.32 Å². The van der Waals surface area contributed by atoms with Crippen molar-refractivity contribution in [2.75, 3.05) is 12.8 Å². The normalized spacial score (nSPS) is 12.0. The van der Waals surface area contributed by atoms with E-state index in [1.807, 2.05) is 13.8 Å². The molecule has 0 aromatic heterocycles. The van der Waals surface area contributed by atoms with Crippen LogP contribution in [0.2, 0.25) is 10.0 Å². The van der Waals surface area contributed by atoms with E-state index in [4.69, 9.17) is 23.2 Å². The maximum absolute atomic E-state index is 11.8. The highest BCUT2D eigenvalue weighted by atomic mass is 35.5. The lowest BCUT2D eigenvalue weighted by atomic mass is 10.2. The van der Waals surface area contributed by atoms with Crippen LogP contribution in [0.1, 0.15) is 19.4 Å². The summed E-state index contributed by atoms with van der Waals surface area (Å²) in [5.41, 5.74) is 0.659. The molecular formula is C13H18Cl2N2O3S. The number of nitrogens with one attached hydrogen (secondary N) is 1. The zero-order chi connectivity index (χ0) is 16.2. The molecule has 1 amide bonds. The maximum Gasteiger partial charge on any atom is 0.235 e. The molecule has 0 atom stereocenters. The van der Waals surface area contributed by atoms with Crippen LogP contribution in [0.25, 0.3) is 0 Å². The van der Waals surface area contributed by atoms with Crippen LogP contribution in [0.5, 0.6) is 0 Å². The summed E-state index contributed by atoms with van der Waals surface area (Å²) in [4.78, 5) is 11.8. The van der Waals surface area contributed by atoms with Crippen molar-refractivity contribution in [1.82, 2.24) is 9.62 Å². The van der Waals surface area contributed by atoms with Gasteiger partial charge in [0.2, 0.25) is 15.9 Å². The summed E-state index contributed by atoms with van der Waals surface area (Å²) in [6, 6.07) is 4.80. The molecule has 0 saturated heterocycles. The molecule has 0 spiro atoms. The number of benzene rings is 1. The van der Waals surface area contributed by atoms with Crippen molar-refractivity contribution in [3.63, 3.8) is 0 Å². The predicted octanol–water partition coefficient (Wildman–Crippen LogP) is 2.28. The summed E-state index contributed by atoms with van der Waals surface area (Å²) in [6.07, 6.45) is 1.06. The van der Waals surface area contributed by atoms with Gasteiger partial charge in [-0.1, -0.05) is 29.3 Å². The summed E-state index contributed by atoms with van der Waals surface area (Å²) in [5.74, 6) is -0.351. The summed E-state index contributed by atoms with van der Waals surface area (Å²) >= 11 is 11.7. The number of hydrogen-bond donors (Lipinski definition) is 1. The van der Waals surface area contributed by atoms with Gasteiger partial charge in [0.25, 0.3) is 0 Å². The number of nitrogens with zero attached hydrogens (tertiary/aromatic N) is 1. The van der Waals surface area contributed by atoms with Crippen molar-refractivity contribution >= 4 is 39.1 Å². The van der Waals surface area contributed by atoms with Gasteiger partial charge >= 0.3 is 0 Å². The second kappa shape index (κ2) is 7.45. The largest absolute Gasteiger partial charge is 0.353 e. The van der Waals surface area contributed by atoms with E-state index in [1.54, 1.807) is 18.2 Å². The smallest absolute Gasteiger partial charge is 0.235 e. The van der Waals surface area contributed by atoms with Crippen LogP contribution in [-0.4, -0.2) is 37.5 Å². The Morgan fingerprint density at radius 1 is 1.29 bits per heavy atom. The second-order valence-electron chi connectivity index (χ2n) is 5.00. The lowest BCUT2D eigenvalue weighted by molar-refractivity contribution is -0.121. The number of halogens is 2. The van der Waals surface area contributed by atoms with Crippen molar-refractivity contribution in [1.29, 1.82) is 0 Å². The molecule has 118 valence electrons. The van der Waals surface area contributed by atoms with E-state index in [0.29, 0.717) is 15.6 Å². The number of amides is 1. The summed E-state index contributed by atoms with van der Waals surface area (Å²) in [5, 5.41) is 3.39. The highest BCUT2D eigenvalue weighted by Crippen LogP contribution is 2.23. The van der Waals surface area contributed by atoms with Gasteiger partial charge in [-0.3, -0.25) is 4.79 Å². The first-order valence-corrected chi connectivity index (χ1v) is 8.88. The van der Waals surface area contributed by atoms with E-state index in [0.717, 1.165) is 10.6 Å². The lowest BCUT2D eigenvalue weighted by Crippen LogP contribution is -2.42. The van der Waals surface area contributed by atoms with Crippen LogP contribution in [0, 0.1) is 0 Å². The molecule has 21 heavy (non-hydrogen) atoms. The zero-order valence-electron chi connectivity index (χ0n) is 12.1. The first kappa shape index (κ1) is 18.2. The van der Waals surface area contributed by atoms with Gasteiger partial charge in [0, 0.05) is 12.6 Å². The molecule has 1 aromatic carbocycles. The average Bonchev–Trinajstić information content (AvgIpc) is 2.30. The van der Waals surface area contributed by atoms with Crippen LogP contribution in [0.4, 0.5) is 0 Å². The van der Waals surface area contributed by atoms with Crippen LogP contribution < -0.4 is 5.32 Å². The first-order valence-electron chi connectivity index (χ1n) is 6.28. The molecule has 1 rings (SSSR count). The minimum atomic E-state index is -3.52. The average molecular weight is 353 g/mol. The molecule has 1 N–H and O–H groups in total. The third-order valence-electron chi connectivity index (χ3n) is 2.58. The minimum Gasteiger partial charge on any atom is -0.353 e.